The van der Waals surface area contributed by atoms with Gasteiger partial charge >= 0.3 is 15.5 Å². The number of hydrogen-bond acceptors (Lipinski definition) is 4. The molecule has 2 aromatic carbocycles. The molecule has 0 bridgehead atoms. The maximum atomic E-state index is 13.1. The summed E-state index contributed by atoms with van der Waals surface area (Å²) in [5.41, 5.74) is 2.88. The van der Waals surface area contributed by atoms with Gasteiger partial charge in [-0.15, -0.1) is 0 Å². The molecule has 0 amide bonds. The summed E-state index contributed by atoms with van der Waals surface area (Å²) in [4.78, 5) is 7.13. The zero-order valence-corrected chi connectivity index (χ0v) is 22.1. The molecule has 2 heterocycles. The van der Waals surface area contributed by atoms with Crippen LogP contribution in [-0.4, -0.2) is 30.4 Å². The second kappa shape index (κ2) is 10.9. The number of pyridine rings is 1. The Hall–Kier alpha value is -2.75. The molecule has 0 spiro atoms. The molecule has 0 unspecified atom stereocenters. The Labute approximate surface area is 216 Å². The number of nitrogens with one attached hydrogen (secondary N) is 1. The summed E-state index contributed by atoms with van der Waals surface area (Å²) < 4.78 is 64.8. The third-order valence-electron chi connectivity index (χ3n) is 7.03. The molecule has 4 rings (SSSR count). The number of rotatable bonds is 8. The smallest absolute Gasteiger partial charge is 0.294 e. The van der Waals surface area contributed by atoms with Crippen LogP contribution in [0.15, 0.2) is 48.5 Å². The Balaban J connectivity index is 1.75. The molecule has 0 saturated carbocycles. The number of sulfonamides is 1. The lowest BCUT2D eigenvalue weighted by atomic mass is 9.92. The standard InChI is InChI=1S/C28H32F3N3O2S/c1-4-20-11-8-12-21(5-2)27(20)26-15-24(16-32-37(35,36)28(29,30)31)25(19(3)33-26)18-34-14-13-22-9-6-7-10-23(22)17-34/h6-12,15,32H,4-5,13-14,16-18H2,1-3H3. The summed E-state index contributed by atoms with van der Waals surface area (Å²) >= 11 is 0. The van der Waals surface area contributed by atoms with E-state index in [0.717, 1.165) is 48.1 Å². The summed E-state index contributed by atoms with van der Waals surface area (Å²) in [5.74, 6) is 0. The van der Waals surface area contributed by atoms with Crippen molar-refractivity contribution in [2.75, 3.05) is 6.54 Å². The Morgan fingerprint density at radius 3 is 2.24 bits per heavy atom. The first-order chi connectivity index (χ1) is 17.5. The van der Waals surface area contributed by atoms with Crippen molar-refractivity contribution in [2.24, 2.45) is 0 Å². The average Bonchev–Trinajstić information content (AvgIpc) is 2.87. The number of aryl methyl sites for hydroxylation is 3. The second-order valence-electron chi connectivity index (χ2n) is 9.39. The van der Waals surface area contributed by atoms with E-state index in [1.807, 2.05) is 51.1 Å². The van der Waals surface area contributed by atoms with Gasteiger partial charge in [0, 0.05) is 37.4 Å². The number of nitrogens with zero attached hydrogens (tertiary/aromatic N) is 2. The van der Waals surface area contributed by atoms with Crippen molar-refractivity contribution in [3.8, 4) is 11.3 Å². The van der Waals surface area contributed by atoms with Crippen LogP contribution in [0.1, 0.15) is 52.9 Å². The van der Waals surface area contributed by atoms with Gasteiger partial charge in [-0.2, -0.15) is 13.2 Å². The van der Waals surface area contributed by atoms with E-state index in [-0.39, 0.29) is 0 Å². The molecule has 1 N–H and O–H groups in total. The minimum Gasteiger partial charge on any atom is -0.294 e. The van der Waals surface area contributed by atoms with Gasteiger partial charge in [0.2, 0.25) is 0 Å². The first-order valence-corrected chi connectivity index (χ1v) is 14.0. The van der Waals surface area contributed by atoms with Crippen LogP contribution >= 0.6 is 0 Å². The molecule has 0 radical (unpaired) electrons. The Morgan fingerprint density at radius 1 is 0.973 bits per heavy atom. The number of benzene rings is 2. The van der Waals surface area contributed by atoms with E-state index in [1.54, 1.807) is 10.8 Å². The zero-order chi connectivity index (χ0) is 26.8. The molecular formula is C28H32F3N3O2S. The second-order valence-corrected chi connectivity index (χ2v) is 11.1. The Kier molecular flexibility index (Phi) is 8.06. The first kappa shape index (κ1) is 27.3. The van der Waals surface area contributed by atoms with Gasteiger partial charge in [-0.3, -0.25) is 9.88 Å². The molecule has 0 atom stereocenters. The van der Waals surface area contributed by atoms with Crippen LogP contribution in [0.2, 0.25) is 0 Å². The SMILES string of the molecule is CCc1cccc(CC)c1-c1cc(CNS(=O)(=O)C(F)(F)F)c(CN2CCc3ccccc3C2)c(C)n1. The Morgan fingerprint density at radius 2 is 1.62 bits per heavy atom. The van der Waals surface area contributed by atoms with Crippen molar-refractivity contribution in [3.05, 3.63) is 87.6 Å². The van der Waals surface area contributed by atoms with Crippen molar-refractivity contribution >= 4 is 10.0 Å². The van der Waals surface area contributed by atoms with Gasteiger partial charge in [0.05, 0.1) is 5.69 Å². The number of alkyl halides is 3. The van der Waals surface area contributed by atoms with E-state index in [9.17, 15) is 21.6 Å². The third-order valence-corrected chi connectivity index (χ3v) is 8.16. The molecule has 0 saturated heterocycles. The molecule has 5 nitrogen and oxygen atoms in total. The quantitative estimate of drug-likeness (QED) is 0.406. The third kappa shape index (κ3) is 5.89. The maximum absolute atomic E-state index is 13.1. The summed E-state index contributed by atoms with van der Waals surface area (Å²) in [6, 6.07) is 16.0. The predicted molar refractivity (Wildman–Crippen MR) is 139 cm³/mol. The normalized spacial score (nSPS) is 14.5. The lowest BCUT2D eigenvalue weighted by molar-refractivity contribution is -0.0448. The highest BCUT2D eigenvalue weighted by atomic mass is 32.2. The van der Waals surface area contributed by atoms with Crippen LogP contribution in [0.5, 0.6) is 0 Å². The van der Waals surface area contributed by atoms with Crippen molar-refractivity contribution in [1.29, 1.82) is 0 Å². The summed E-state index contributed by atoms with van der Waals surface area (Å²) in [6.45, 7) is 7.45. The Bertz CT molecular complexity index is 1370. The summed E-state index contributed by atoms with van der Waals surface area (Å²) in [6.07, 6.45) is 2.42. The lowest BCUT2D eigenvalue weighted by Gasteiger charge is -2.30. The fourth-order valence-electron chi connectivity index (χ4n) is 5.01. The lowest BCUT2D eigenvalue weighted by Crippen LogP contribution is -2.36. The van der Waals surface area contributed by atoms with Crippen LogP contribution in [0, 0.1) is 6.92 Å². The van der Waals surface area contributed by atoms with E-state index in [0.29, 0.717) is 30.0 Å². The molecule has 0 fully saturated rings. The fourth-order valence-corrected chi connectivity index (χ4v) is 5.51. The zero-order valence-electron chi connectivity index (χ0n) is 21.3. The van der Waals surface area contributed by atoms with Gasteiger partial charge in [0.1, 0.15) is 0 Å². The molecule has 9 heteroatoms. The van der Waals surface area contributed by atoms with E-state index < -0.39 is 22.1 Å². The van der Waals surface area contributed by atoms with E-state index in [1.165, 1.54) is 11.1 Å². The van der Waals surface area contributed by atoms with Gasteiger partial charge in [0.25, 0.3) is 0 Å². The molecular weight excluding hydrogens is 499 g/mol. The minimum absolute atomic E-state index is 0.465. The van der Waals surface area contributed by atoms with Gasteiger partial charge in [-0.25, -0.2) is 13.1 Å². The molecule has 37 heavy (non-hydrogen) atoms. The van der Waals surface area contributed by atoms with Crippen LogP contribution in [0.25, 0.3) is 11.3 Å². The maximum Gasteiger partial charge on any atom is 0.511 e. The average molecular weight is 532 g/mol. The highest BCUT2D eigenvalue weighted by Crippen LogP contribution is 2.32. The van der Waals surface area contributed by atoms with Crippen LogP contribution < -0.4 is 4.72 Å². The van der Waals surface area contributed by atoms with Crippen LogP contribution in [-0.2, 0) is 48.9 Å². The van der Waals surface area contributed by atoms with Crippen molar-refractivity contribution in [1.82, 2.24) is 14.6 Å². The summed E-state index contributed by atoms with van der Waals surface area (Å²) in [7, 11) is -5.49. The summed E-state index contributed by atoms with van der Waals surface area (Å²) in [5, 5.41) is 0. The molecule has 1 aromatic heterocycles. The molecule has 1 aliphatic heterocycles. The molecule has 198 valence electrons. The van der Waals surface area contributed by atoms with Gasteiger partial charge in [0.15, 0.2) is 0 Å². The van der Waals surface area contributed by atoms with Gasteiger partial charge in [-0.05, 0) is 65.6 Å². The largest absolute Gasteiger partial charge is 0.511 e. The topological polar surface area (TPSA) is 62.3 Å². The molecule has 1 aliphatic rings. The van der Waals surface area contributed by atoms with E-state index in [4.69, 9.17) is 4.98 Å². The van der Waals surface area contributed by atoms with E-state index in [2.05, 4.69) is 17.0 Å². The fraction of sp³-hybridized carbons (Fsp3) is 0.393. The number of aromatic nitrogens is 1. The molecule has 0 aliphatic carbocycles. The number of fused-ring (bicyclic) bond motifs is 1. The van der Waals surface area contributed by atoms with Gasteiger partial charge in [-0.1, -0.05) is 56.3 Å². The van der Waals surface area contributed by atoms with Crippen LogP contribution in [0.4, 0.5) is 13.2 Å². The van der Waals surface area contributed by atoms with E-state index >= 15 is 0 Å². The monoisotopic (exact) mass is 531 g/mol. The highest BCUT2D eigenvalue weighted by molar-refractivity contribution is 7.90. The van der Waals surface area contributed by atoms with Crippen molar-refractivity contribution in [2.45, 2.75) is 65.2 Å². The predicted octanol–water partition coefficient (Wildman–Crippen LogP) is 5.68. The number of hydrogen-bond donors (Lipinski definition) is 1. The molecule has 3 aromatic rings. The highest BCUT2D eigenvalue weighted by Gasteiger charge is 2.45. The van der Waals surface area contributed by atoms with Crippen LogP contribution in [0.3, 0.4) is 0 Å². The van der Waals surface area contributed by atoms with Gasteiger partial charge < -0.3 is 0 Å². The number of halogens is 3. The van der Waals surface area contributed by atoms with Crippen molar-refractivity contribution < 1.29 is 21.6 Å². The minimum atomic E-state index is -5.49. The first-order valence-electron chi connectivity index (χ1n) is 12.5. The van der Waals surface area contributed by atoms with Crippen molar-refractivity contribution in [3.63, 3.8) is 0 Å².